The fourth-order valence-electron chi connectivity index (χ4n) is 4.59. The first kappa shape index (κ1) is 29.3. The van der Waals surface area contributed by atoms with Crippen molar-refractivity contribution in [3.8, 4) is 16.9 Å². The second kappa shape index (κ2) is 13.1. The van der Waals surface area contributed by atoms with Gasteiger partial charge < -0.3 is 27.5 Å². The van der Waals surface area contributed by atoms with Gasteiger partial charge in [-0.05, 0) is 87.5 Å². The first-order valence-electron chi connectivity index (χ1n) is 13.4. The zero-order valence-electron chi connectivity index (χ0n) is 22.8. The number of nitrogens with zero attached hydrogens (tertiary/aromatic N) is 3. The molecule has 0 spiro atoms. The molecule has 0 aliphatic carbocycles. The smallest absolute Gasteiger partial charge is 0.354 e. The minimum atomic E-state index is -0.519. The maximum absolute atomic E-state index is 15.0. The summed E-state index contributed by atoms with van der Waals surface area (Å²) in [7, 11) is 0. The van der Waals surface area contributed by atoms with Crippen LogP contribution in [0.15, 0.2) is 58.4 Å². The van der Waals surface area contributed by atoms with Crippen molar-refractivity contribution in [1.82, 2.24) is 19.9 Å². The Labute approximate surface area is 237 Å². The fourth-order valence-corrected chi connectivity index (χ4v) is 4.83. The molecule has 8 N–H and O–H groups in total. The molecule has 4 rings (SSSR count). The maximum atomic E-state index is 15.0. The fraction of sp³-hybridized carbons (Fsp3) is 0.345. The molecule has 0 aliphatic rings. The molecule has 0 bridgehead atoms. The lowest BCUT2D eigenvalue weighted by atomic mass is 10.0. The van der Waals surface area contributed by atoms with E-state index >= 15 is 4.39 Å². The van der Waals surface area contributed by atoms with Crippen LogP contribution in [0.25, 0.3) is 28.0 Å². The third kappa shape index (κ3) is 7.26. The van der Waals surface area contributed by atoms with Crippen LogP contribution in [-0.2, 0) is 6.42 Å². The quantitative estimate of drug-likeness (QED) is 0.0986. The highest BCUT2D eigenvalue weighted by molar-refractivity contribution is 6.31. The summed E-state index contributed by atoms with van der Waals surface area (Å²) < 4.78 is 16.5. The van der Waals surface area contributed by atoms with Crippen LogP contribution in [0.1, 0.15) is 50.3 Å². The molecule has 9 nitrogen and oxygen atoms in total. The molecule has 2 unspecified atom stereocenters. The normalized spacial score (nSPS) is 12.9. The van der Waals surface area contributed by atoms with Crippen molar-refractivity contribution in [1.29, 1.82) is 0 Å². The van der Waals surface area contributed by atoms with Crippen molar-refractivity contribution >= 4 is 28.6 Å². The first-order chi connectivity index (χ1) is 19.1. The molecule has 40 heavy (non-hydrogen) atoms. The number of aryl methyl sites for hydroxylation is 1. The van der Waals surface area contributed by atoms with E-state index < -0.39 is 11.5 Å². The van der Waals surface area contributed by atoms with E-state index in [4.69, 9.17) is 28.8 Å². The predicted molar refractivity (Wildman–Crippen MR) is 160 cm³/mol. The number of nitrogens with two attached hydrogens (primary N) is 3. The molecule has 0 saturated heterocycles. The highest BCUT2D eigenvalue weighted by Gasteiger charge is 2.16. The van der Waals surface area contributed by atoms with E-state index in [-0.39, 0.29) is 23.1 Å². The Bertz CT molecular complexity index is 1540. The summed E-state index contributed by atoms with van der Waals surface area (Å²) >= 11 is 6.23. The van der Waals surface area contributed by atoms with E-state index in [1.54, 1.807) is 24.4 Å². The van der Waals surface area contributed by atoms with Crippen LogP contribution in [0.2, 0.25) is 5.02 Å². The number of aromatic amines is 1. The molecule has 11 heteroatoms. The van der Waals surface area contributed by atoms with Gasteiger partial charge in [-0.3, -0.25) is 9.56 Å². The number of fused-ring (bicyclic) bond motifs is 1. The standard InChI is InChI=1S/C29H36ClFN8O/c1-17(32)5-3-6-19-13-23(26(31)24(30)14-19)25-15-21-16-39(29(40)38-27(21)37-25)22-9-7-20(8-10-22)18(2)35-11-4-12-36-28(33)34/h7-10,13-18,35H,3-6,11-12,32H2,1-2H3,(H4,33,34,36)(H,37,38,40). The summed E-state index contributed by atoms with van der Waals surface area (Å²) in [6.45, 7) is 5.36. The van der Waals surface area contributed by atoms with Gasteiger partial charge in [0.2, 0.25) is 0 Å². The van der Waals surface area contributed by atoms with Crippen molar-refractivity contribution in [3.05, 3.63) is 81.1 Å². The van der Waals surface area contributed by atoms with Gasteiger partial charge in [0.1, 0.15) is 5.65 Å². The minimum Gasteiger partial charge on any atom is -0.370 e. The Kier molecular flexibility index (Phi) is 9.57. The lowest BCUT2D eigenvalue weighted by molar-refractivity contribution is 0.562. The third-order valence-electron chi connectivity index (χ3n) is 6.76. The maximum Gasteiger partial charge on any atom is 0.354 e. The van der Waals surface area contributed by atoms with Crippen molar-refractivity contribution in [2.24, 2.45) is 22.2 Å². The molecule has 0 fully saturated rings. The van der Waals surface area contributed by atoms with E-state index in [0.29, 0.717) is 34.5 Å². The second-order valence-corrected chi connectivity index (χ2v) is 10.5. The van der Waals surface area contributed by atoms with Gasteiger partial charge in [0, 0.05) is 35.8 Å². The van der Waals surface area contributed by atoms with Gasteiger partial charge in [0.15, 0.2) is 11.8 Å². The molecule has 0 saturated carbocycles. The van der Waals surface area contributed by atoms with Gasteiger partial charge in [-0.1, -0.05) is 23.7 Å². The Morgan fingerprint density at radius 2 is 1.93 bits per heavy atom. The zero-order valence-corrected chi connectivity index (χ0v) is 23.5. The number of hydrogen-bond acceptors (Lipinski definition) is 5. The van der Waals surface area contributed by atoms with Crippen molar-refractivity contribution in [2.45, 2.75) is 51.6 Å². The Balaban J connectivity index is 1.53. The summed E-state index contributed by atoms with van der Waals surface area (Å²) in [6.07, 6.45) is 4.99. The van der Waals surface area contributed by atoms with E-state index in [1.807, 2.05) is 31.2 Å². The van der Waals surface area contributed by atoms with Crippen molar-refractivity contribution in [3.63, 3.8) is 0 Å². The van der Waals surface area contributed by atoms with E-state index in [9.17, 15) is 4.79 Å². The number of rotatable bonds is 12. The van der Waals surface area contributed by atoms with Crippen LogP contribution in [-0.4, -0.2) is 39.6 Å². The SMILES string of the molecule is CC(N)CCCc1cc(Cl)c(F)c(-c2cc3cn(-c4ccc(C(C)NCCCN=C(N)N)cc4)c(=O)nc3[nH]2)c1. The van der Waals surface area contributed by atoms with Gasteiger partial charge >= 0.3 is 5.69 Å². The van der Waals surface area contributed by atoms with Gasteiger partial charge in [-0.15, -0.1) is 0 Å². The van der Waals surface area contributed by atoms with E-state index in [0.717, 1.165) is 43.4 Å². The summed E-state index contributed by atoms with van der Waals surface area (Å²) in [5.74, 6) is -0.425. The second-order valence-electron chi connectivity index (χ2n) is 10.1. The van der Waals surface area contributed by atoms with Crippen LogP contribution in [0.3, 0.4) is 0 Å². The van der Waals surface area contributed by atoms with Crippen LogP contribution in [0.5, 0.6) is 0 Å². The topological polar surface area (TPSA) is 153 Å². The predicted octanol–water partition coefficient (Wildman–Crippen LogP) is 4.16. The van der Waals surface area contributed by atoms with Gasteiger partial charge in [-0.2, -0.15) is 4.98 Å². The Hall–Kier alpha value is -3.73. The van der Waals surface area contributed by atoms with Gasteiger partial charge in [0.05, 0.1) is 16.4 Å². The molecular formula is C29H36ClFN8O. The molecule has 4 aromatic rings. The van der Waals surface area contributed by atoms with Crippen LogP contribution < -0.4 is 28.2 Å². The molecule has 0 aliphatic heterocycles. The number of nitrogens with one attached hydrogen (secondary N) is 2. The highest BCUT2D eigenvalue weighted by Crippen LogP contribution is 2.31. The molecule has 2 aromatic carbocycles. The van der Waals surface area contributed by atoms with E-state index in [1.165, 1.54) is 4.57 Å². The molecule has 212 valence electrons. The van der Waals surface area contributed by atoms with Gasteiger partial charge in [-0.25, -0.2) is 9.18 Å². The minimum absolute atomic E-state index is 0.0528. The summed E-state index contributed by atoms with van der Waals surface area (Å²) in [4.78, 5) is 24.2. The lowest BCUT2D eigenvalue weighted by Crippen LogP contribution is -2.24. The molecule has 2 heterocycles. The Morgan fingerprint density at radius 3 is 2.62 bits per heavy atom. The van der Waals surface area contributed by atoms with Crippen LogP contribution in [0.4, 0.5) is 4.39 Å². The number of hydrogen-bond donors (Lipinski definition) is 5. The molecule has 0 amide bonds. The average molecular weight is 567 g/mol. The summed E-state index contributed by atoms with van der Waals surface area (Å²) in [6, 6.07) is 13.1. The van der Waals surface area contributed by atoms with Crippen molar-refractivity contribution in [2.75, 3.05) is 13.1 Å². The highest BCUT2D eigenvalue weighted by atomic mass is 35.5. The summed E-state index contributed by atoms with van der Waals surface area (Å²) in [5.41, 5.74) is 20.0. The van der Waals surface area contributed by atoms with Crippen molar-refractivity contribution < 1.29 is 4.39 Å². The van der Waals surface area contributed by atoms with Crippen LogP contribution in [0, 0.1) is 5.82 Å². The molecule has 2 atom stereocenters. The number of aliphatic imine (C=N–C) groups is 1. The number of aromatic nitrogens is 3. The number of halogens is 2. The first-order valence-corrected chi connectivity index (χ1v) is 13.8. The molecular weight excluding hydrogens is 531 g/mol. The van der Waals surface area contributed by atoms with E-state index in [2.05, 4.69) is 27.2 Å². The Morgan fingerprint density at radius 1 is 1.18 bits per heavy atom. The molecule has 2 aromatic heterocycles. The average Bonchev–Trinajstić information content (AvgIpc) is 3.32. The zero-order chi connectivity index (χ0) is 28.8. The third-order valence-corrected chi connectivity index (χ3v) is 7.04. The lowest BCUT2D eigenvalue weighted by Gasteiger charge is -2.15. The number of guanidine groups is 1. The number of benzene rings is 2. The molecule has 0 radical (unpaired) electrons. The largest absolute Gasteiger partial charge is 0.370 e. The van der Waals surface area contributed by atoms with Gasteiger partial charge in [0.25, 0.3) is 0 Å². The summed E-state index contributed by atoms with van der Waals surface area (Å²) in [5, 5.41) is 4.16. The van der Waals surface area contributed by atoms with Crippen LogP contribution >= 0.6 is 11.6 Å². The number of H-pyrrole nitrogens is 1. The monoisotopic (exact) mass is 566 g/mol.